The van der Waals surface area contributed by atoms with Gasteiger partial charge in [-0.2, -0.15) is 0 Å². The van der Waals surface area contributed by atoms with Gasteiger partial charge < -0.3 is 27.1 Å². The van der Waals surface area contributed by atoms with Crippen LogP contribution in [0.2, 0.25) is 0 Å². The molecular weight excluding hydrogens is 534 g/mol. The van der Waals surface area contributed by atoms with E-state index in [-0.39, 0.29) is 37.4 Å². The van der Waals surface area contributed by atoms with Crippen LogP contribution in [-0.2, 0) is 37.4 Å². The minimum Gasteiger partial charge on any atom is -0.384 e. The van der Waals surface area contributed by atoms with Crippen molar-refractivity contribution in [2.45, 2.75) is 51.7 Å². The molecule has 3 rings (SSSR count). The Bertz CT molecular complexity index is 1500. The van der Waals surface area contributed by atoms with Crippen LogP contribution in [-0.4, -0.2) is 54.8 Å². The first-order valence-corrected chi connectivity index (χ1v) is 14.4. The topological polar surface area (TPSA) is 213 Å². The number of sulfonamides is 1. The largest absolute Gasteiger partial charge is 0.384 e. The first kappa shape index (κ1) is 30.3. The van der Waals surface area contributed by atoms with E-state index in [1.165, 1.54) is 6.92 Å². The molecule has 12 nitrogen and oxygen atoms in total. The molecule has 2 atom stereocenters. The van der Waals surface area contributed by atoms with E-state index in [4.69, 9.17) is 16.9 Å². The highest BCUT2D eigenvalue weighted by Gasteiger charge is 2.29. The molecule has 40 heavy (non-hydrogen) atoms. The van der Waals surface area contributed by atoms with E-state index in [1.54, 1.807) is 30.5 Å². The average molecular weight is 570 g/mol. The summed E-state index contributed by atoms with van der Waals surface area (Å²) in [5.74, 6) is -2.25. The van der Waals surface area contributed by atoms with Crippen molar-refractivity contribution in [1.82, 2.24) is 20.3 Å². The molecule has 0 spiro atoms. The number of fused-ring (bicyclic) bond motifs is 1. The first-order chi connectivity index (χ1) is 18.9. The Labute approximate surface area is 232 Å². The number of carbonyl (C=O) groups is 3. The van der Waals surface area contributed by atoms with Crippen molar-refractivity contribution in [3.8, 4) is 0 Å². The van der Waals surface area contributed by atoms with Gasteiger partial charge in [0.05, 0.1) is 5.75 Å². The number of amides is 3. The molecule has 1 aromatic heterocycles. The number of amidine groups is 1. The standard InChI is InChI=1S/C27H35N7O5S/c1-3-40(38,39)34-23(13-19-15-31-22-12-16(2)4-9-20(19)22)27(37)33-21(10-11-24(28)35)26(36)32-14-17-5-7-18(8-6-17)25(29)30/h4-9,12,15,21,23,31,34H,3,10-11,13-14H2,1-2H3,(H2,28,35)(H3,29,30)(H,32,36)(H,33,37)/t21-,23+/m0/s1. The van der Waals surface area contributed by atoms with Crippen LogP contribution in [0.1, 0.15) is 42.0 Å². The molecule has 214 valence electrons. The van der Waals surface area contributed by atoms with Crippen molar-refractivity contribution in [1.29, 1.82) is 5.41 Å². The number of nitrogen functional groups attached to an aromatic ring is 1. The van der Waals surface area contributed by atoms with Crippen LogP contribution < -0.4 is 26.8 Å². The molecule has 3 amide bonds. The van der Waals surface area contributed by atoms with Gasteiger partial charge in [0.1, 0.15) is 17.9 Å². The molecule has 3 aromatic rings. The third-order valence-corrected chi connectivity index (χ3v) is 7.81. The van der Waals surface area contributed by atoms with Crippen molar-refractivity contribution in [3.05, 3.63) is 70.9 Å². The Morgan fingerprint density at radius 3 is 2.35 bits per heavy atom. The molecule has 0 aliphatic rings. The molecule has 0 unspecified atom stereocenters. The van der Waals surface area contributed by atoms with Crippen molar-refractivity contribution in [2.24, 2.45) is 11.5 Å². The van der Waals surface area contributed by atoms with Crippen molar-refractivity contribution < 1.29 is 22.8 Å². The molecule has 9 N–H and O–H groups in total. The fraction of sp³-hybridized carbons (Fsp3) is 0.333. The summed E-state index contributed by atoms with van der Waals surface area (Å²) in [6, 6.07) is 10.1. The summed E-state index contributed by atoms with van der Waals surface area (Å²) in [6.45, 7) is 3.52. The highest BCUT2D eigenvalue weighted by Crippen LogP contribution is 2.21. The Kier molecular flexibility index (Phi) is 10.0. The van der Waals surface area contributed by atoms with Crippen LogP contribution in [0.3, 0.4) is 0 Å². The minimum atomic E-state index is -3.78. The number of nitrogens with one attached hydrogen (secondary N) is 5. The van der Waals surface area contributed by atoms with E-state index in [2.05, 4.69) is 20.3 Å². The fourth-order valence-electron chi connectivity index (χ4n) is 4.12. The van der Waals surface area contributed by atoms with Gasteiger partial charge in [-0.25, -0.2) is 13.1 Å². The van der Waals surface area contributed by atoms with Crippen molar-refractivity contribution >= 4 is 44.5 Å². The van der Waals surface area contributed by atoms with E-state index in [0.29, 0.717) is 5.56 Å². The van der Waals surface area contributed by atoms with Crippen LogP contribution in [0.5, 0.6) is 0 Å². The fourth-order valence-corrected chi connectivity index (χ4v) is 4.91. The van der Waals surface area contributed by atoms with E-state index in [1.807, 2.05) is 25.1 Å². The second-order valence-corrected chi connectivity index (χ2v) is 11.6. The maximum Gasteiger partial charge on any atom is 0.242 e. The summed E-state index contributed by atoms with van der Waals surface area (Å²) in [5, 5.41) is 13.6. The predicted octanol–water partition coefficient (Wildman–Crippen LogP) is 0.677. The Morgan fingerprint density at radius 1 is 1.02 bits per heavy atom. The van der Waals surface area contributed by atoms with E-state index in [9.17, 15) is 22.8 Å². The smallest absolute Gasteiger partial charge is 0.242 e. The minimum absolute atomic E-state index is 0.0286. The molecule has 0 bridgehead atoms. The lowest BCUT2D eigenvalue weighted by Gasteiger charge is -2.23. The maximum absolute atomic E-state index is 13.4. The van der Waals surface area contributed by atoms with Gasteiger partial charge in [0.2, 0.25) is 27.7 Å². The number of H-pyrrole nitrogens is 1. The van der Waals surface area contributed by atoms with Gasteiger partial charge in [0.15, 0.2) is 0 Å². The average Bonchev–Trinajstić information content (AvgIpc) is 3.30. The SMILES string of the molecule is CCS(=O)(=O)N[C@H](Cc1c[nH]c2cc(C)ccc12)C(=O)N[C@@H](CCC(N)=O)C(=O)NCc1ccc(C(=N)N)cc1. The second-order valence-electron chi connectivity index (χ2n) is 9.54. The first-order valence-electron chi connectivity index (χ1n) is 12.7. The van der Waals surface area contributed by atoms with Gasteiger partial charge in [0, 0.05) is 35.6 Å². The number of carbonyl (C=O) groups excluding carboxylic acids is 3. The van der Waals surface area contributed by atoms with Gasteiger partial charge in [-0.3, -0.25) is 19.8 Å². The highest BCUT2D eigenvalue weighted by molar-refractivity contribution is 7.89. The molecule has 0 radical (unpaired) electrons. The Morgan fingerprint density at radius 2 is 1.73 bits per heavy atom. The van der Waals surface area contributed by atoms with Gasteiger partial charge in [-0.1, -0.05) is 36.4 Å². The summed E-state index contributed by atoms with van der Waals surface area (Å²) in [7, 11) is -3.78. The summed E-state index contributed by atoms with van der Waals surface area (Å²) in [4.78, 5) is 41.1. The van der Waals surface area contributed by atoms with Crippen molar-refractivity contribution in [3.63, 3.8) is 0 Å². The lowest BCUT2D eigenvalue weighted by atomic mass is 10.0. The number of primary amides is 1. The van der Waals surface area contributed by atoms with Crippen LogP contribution in [0.15, 0.2) is 48.7 Å². The predicted molar refractivity (Wildman–Crippen MR) is 153 cm³/mol. The molecule has 13 heteroatoms. The zero-order chi connectivity index (χ0) is 29.4. The lowest BCUT2D eigenvalue weighted by Crippen LogP contribution is -2.54. The zero-order valence-electron chi connectivity index (χ0n) is 22.4. The molecule has 2 aromatic carbocycles. The van der Waals surface area contributed by atoms with Crippen LogP contribution in [0, 0.1) is 12.3 Å². The summed E-state index contributed by atoms with van der Waals surface area (Å²) in [6.07, 6.45) is 1.51. The third kappa shape index (κ3) is 8.38. The van der Waals surface area contributed by atoms with Crippen molar-refractivity contribution in [2.75, 3.05) is 5.75 Å². The van der Waals surface area contributed by atoms with Gasteiger partial charge in [-0.05, 0) is 49.4 Å². The number of rotatable bonds is 14. The van der Waals surface area contributed by atoms with E-state index in [0.717, 1.165) is 27.6 Å². The quantitative estimate of drug-likeness (QED) is 0.109. The molecular formula is C27H35N7O5S. The molecule has 0 saturated carbocycles. The van der Waals surface area contributed by atoms with Crippen LogP contribution in [0.4, 0.5) is 0 Å². The molecule has 0 aliphatic carbocycles. The number of aromatic amines is 1. The Balaban J connectivity index is 1.79. The summed E-state index contributed by atoms with van der Waals surface area (Å²) in [5.41, 5.74) is 14.6. The summed E-state index contributed by atoms with van der Waals surface area (Å²) < 4.78 is 27.3. The molecule has 1 heterocycles. The monoisotopic (exact) mass is 569 g/mol. The molecule has 0 saturated heterocycles. The van der Waals surface area contributed by atoms with Crippen LogP contribution in [0.25, 0.3) is 10.9 Å². The van der Waals surface area contributed by atoms with Gasteiger partial charge in [0.25, 0.3) is 0 Å². The normalized spacial score (nSPS) is 12.9. The van der Waals surface area contributed by atoms with Crippen LogP contribution >= 0.6 is 0 Å². The van der Waals surface area contributed by atoms with Gasteiger partial charge >= 0.3 is 0 Å². The van der Waals surface area contributed by atoms with E-state index < -0.39 is 39.8 Å². The number of hydrogen-bond donors (Lipinski definition) is 7. The summed E-state index contributed by atoms with van der Waals surface area (Å²) >= 11 is 0. The second kappa shape index (κ2) is 13.2. The number of benzene rings is 2. The number of nitrogens with two attached hydrogens (primary N) is 2. The van der Waals surface area contributed by atoms with E-state index >= 15 is 0 Å². The Hall–Kier alpha value is -4.23. The zero-order valence-corrected chi connectivity index (χ0v) is 23.2. The maximum atomic E-state index is 13.4. The third-order valence-electron chi connectivity index (χ3n) is 6.41. The lowest BCUT2D eigenvalue weighted by molar-refractivity contribution is -0.130. The number of hydrogen-bond acceptors (Lipinski definition) is 6. The number of aryl methyl sites for hydroxylation is 1. The number of aromatic nitrogens is 1. The molecule has 0 aliphatic heterocycles. The van der Waals surface area contributed by atoms with Gasteiger partial charge in [-0.15, -0.1) is 0 Å². The highest BCUT2D eigenvalue weighted by atomic mass is 32.2. The molecule has 0 fully saturated rings.